The van der Waals surface area contributed by atoms with Crippen LogP contribution in [0.4, 0.5) is 0 Å². The van der Waals surface area contributed by atoms with Crippen LogP contribution in [-0.2, 0) is 25.1 Å². The zero-order valence-corrected chi connectivity index (χ0v) is 12.0. The normalized spacial score (nSPS) is 11.6. The first-order valence-corrected chi connectivity index (χ1v) is 6.73. The number of carbonyl (C=O) groups excluding carboxylic acids is 1. The van der Waals surface area contributed by atoms with Crippen molar-refractivity contribution in [1.82, 2.24) is 0 Å². The predicted molar refractivity (Wildman–Crippen MR) is 70.9 cm³/mol. The fraction of sp³-hybridized carbons (Fsp3) is 0.615. The van der Waals surface area contributed by atoms with Crippen molar-refractivity contribution in [2.75, 3.05) is 26.1 Å². The fourth-order valence-corrected chi connectivity index (χ4v) is 1.47. The Bertz CT molecular complexity index is 412. The second kappa shape index (κ2) is 8.74. The van der Waals surface area contributed by atoms with Crippen LogP contribution >= 0.6 is 0 Å². The van der Waals surface area contributed by atoms with Crippen molar-refractivity contribution < 1.29 is 18.5 Å². The van der Waals surface area contributed by atoms with E-state index in [1.807, 2.05) is 20.8 Å². The molecular formula is C13H18O4S. The lowest BCUT2D eigenvalue weighted by Crippen LogP contribution is -2.06. The van der Waals surface area contributed by atoms with Crippen LogP contribution < -0.4 is 0 Å². The van der Waals surface area contributed by atoms with E-state index >= 15 is 0 Å². The van der Waals surface area contributed by atoms with Gasteiger partial charge in [-0.1, -0.05) is 11.8 Å². The molecule has 0 aromatic rings. The summed E-state index contributed by atoms with van der Waals surface area (Å²) in [6.45, 7) is 6.27. The minimum atomic E-state index is -1.21. The van der Waals surface area contributed by atoms with Crippen LogP contribution in [0.15, 0.2) is 0 Å². The minimum absolute atomic E-state index is 0.110. The van der Waals surface area contributed by atoms with Crippen molar-refractivity contribution >= 4 is 16.8 Å². The maximum absolute atomic E-state index is 11.4. The Hall–Kier alpha value is -1.30. The van der Waals surface area contributed by atoms with E-state index < -0.39 is 16.8 Å². The largest absolute Gasteiger partial charge is 0.459 e. The molecule has 4 nitrogen and oxygen atoms in total. The third-order valence-electron chi connectivity index (χ3n) is 1.50. The molecule has 0 amide bonds. The van der Waals surface area contributed by atoms with Gasteiger partial charge >= 0.3 is 5.97 Å². The third-order valence-corrected chi connectivity index (χ3v) is 2.37. The Labute approximate surface area is 111 Å². The SMILES string of the molecule is COC(=O)C#CCOCCS(=O)C#CC(C)(C)C. The molecule has 0 aromatic carbocycles. The summed E-state index contributed by atoms with van der Waals surface area (Å²) in [6.07, 6.45) is 0. The number of carbonyl (C=O) groups is 1. The van der Waals surface area contributed by atoms with Gasteiger partial charge in [0.15, 0.2) is 0 Å². The second-order valence-electron chi connectivity index (χ2n) is 4.37. The number of hydrogen-bond acceptors (Lipinski definition) is 4. The molecule has 0 saturated carbocycles. The Balaban J connectivity index is 3.78. The Morgan fingerprint density at radius 3 is 2.56 bits per heavy atom. The smallest absolute Gasteiger partial charge is 0.384 e. The lowest BCUT2D eigenvalue weighted by molar-refractivity contribution is -0.133. The molecule has 1 atom stereocenters. The Morgan fingerprint density at radius 2 is 2.00 bits per heavy atom. The summed E-state index contributed by atoms with van der Waals surface area (Å²) in [5.74, 6) is 7.35. The van der Waals surface area contributed by atoms with Crippen LogP contribution in [0.2, 0.25) is 0 Å². The number of esters is 1. The molecule has 0 N–H and O–H groups in total. The molecule has 0 aromatic heterocycles. The van der Waals surface area contributed by atoms with E-state index in [4.69, 9.17) is 4.74 Å². The summed E-state index contributed by atoms with van der Waals surface area (Å²) < 4.78 is 20.8. The molecular weight excluding hydrogens is 252 g/mol. The zero-order chi connectivity index (χ0) is 14.0. The van der Waals surface area contributed by atoms with Crippen molar-refractivity contribution in [3.8, 4) is 23.0 Å². The maximum Gasteiger partial charge on any atom is 0.384 e. The zero-order valence-electron chi connectivity index (χ0n) is 11.2. The van der Waals surface area contributed by atoms with Crippen LogP contribution in [0.5, 0.6) is 0 Å². The van der Waals surface area contributed by atoms with E-state index in [1.54, 1.807) is 0 Å². The van der Waals surface area contributed by atoms with Gasteiger partial charge in [-0.15, -0.1) is 0 Å². The van der Waals surface area contributed by atoms with E-state index in [9.17, 15) is 9.00 Å². The van der Waals surface area contributed by atoms with Crippen molar-refractivity contribution in [1.29, 1.82) is 0 Å². The molecule has 0 aliphatic heterocycles. The van der Waals surface area contributed by atoms with Gasteiger partial charge in [-0.25, -0.2) is 9.00 Å². The van der Waals surface area contributed by atoms with Gasteiger partial charge in [-0.2, -0.15) is 0 Å². The molecule has 0 spiro atoms. The molecule has 0 heterocycles. The first-order valence-electron chi connectivity index (χ1n) is 5.41. The van der Waals surface area contributed by atoms with Gasteiger partial charge in [0.05, 0.1) is 30.3 Å². The number of hydrogen-bond donors (Lipinski definition) is 0. The highest BCUT2D eigenvalue weighted by atomic mass is 32.2. The highest BCUT2D eigenvalue weighted by Crippen LogP contribution is 2.09. The fourth-order valence-electron chi connectivity index (χ4n) is 0.678. The first-order chi connectivity index (χ1) is 8.35. The quantitative estimate of drug-likeness (QED) is 0.330. The molecule has 0 bridgehead atoms. The van der Waals surface area contributed by atoms with Crippen LogP contribution in [0.1, 0.15) is 20.8 Å². The minimum Gasteiger partial charge on any atom is -0.459 e. The number of methoxy groups -OCH3 is 1. The summed E-state index contributed by atoms with van der Waals surface area (Å²) in [5, 5.41) is 2.67. The molecule has 0 saturated heterocycles. The van der Waals surface area contributed by atoms with E-state index in [2.05, 4.69) is 27.8 Å². The van der Waals surface area contributed by atoms with Crippen molar-refractivity contribution in [2.45, 2.75) is 20.8 Å². The average molecular weight is 270 g/mol. The second-order valence-corrected chi connectivity index (χ2v) is 5.68. The van der Waals surface area contributed by atoms with E-state index in [0.29, 0.717) is 12.4 Å². The Kier molecular flexibility index (Phi) is 8.11. The molecule has 0 fully saturated rings. The summed E-state index contributed by atoms with van der Waals surface area (Å²) in [4.78, 5) is 10.6. The lowest BCUT2D eigenvalue weighted by Gasteiger charge is -2.06. The topological polar surface area (TPSA) is 52.6 Å². The molecule has 0 aliphatic rings. The molecule has 1 unspecified atom stereocenters. The predicted octanol–water partition coefficient (Wildman–Crippen LogP) is 0.935. The van der Waals surface area contributed by atoms with Crippen LogP contribution in [0, 0.1) is 28.4 Å². The number of rotatable bonds is 4. The molecule has 0 aliphatic carbocycles. The molecule has 0 radical (unpaired) electrons. The van der Waals surface area contributed by atoms with Crippen LogP contribution in [0.25, 0.3) is 0 Å². The van der Waals surface area contributed by atoms with Crippen molar-refractivity contribution in [3.05, 3.63) is 0 Å². The van der Waals surface area contributed by atoms with E-state index in [-0.39, 0.29) is 12.0 Å². The standard InChI is InChI=1S/C13H18O4S/c1-13(2,3)7-10-18(15)11-9-17-8-5-6-12(14)16-4/h8-9,11H2,1-4H3. The van der Waals surface area contributed by atoms with Gasteiger partial charge in [0, 0.05) is 11.3 Å². The summed E-state index contributed by atoms with van der Waals surface area (Å²) in [6, 6.07) is 0. The summed E-state index contributed by atoms with van der Waals surface area (Å²) in [7, 11) is 0.0506. The van der Waals surface area contributed by atoms with Crippen LogP contribution in [-0.4, -0.2) is 36.3 Å². The summed E-state index contributed by atoms with van der Waals surface area (Å²) >= 11 is 0. The van der Waals surface area contributed by atoms with E-state index in [1.165, 1.54) is 7.11 Å². The van der Waals surface area contributed by atoms with Gasteiger partial charge < -0.3 is 9.47 Å². The van der Waals surface area contributed by atoms with Crippen molar-refractivity contribution in [2.24, 2.45) is 5.41 Å². The van der Waals surface area contributed by atoms with Gasteiger partial charge in [-0.3, -0.25) is 0 Å². The van der Waals surface area contributed by atoms with Crippen LogP contribution in [0.3, 0.4) is 0 Å². The third kappa shape index (κ3) is 11.2. The molecule has 18 heavy (non-hydrogen) atoms. The van der Waals surface area contributed by atoms with E-state index in [0.717, 1.165) is 0 Å². The highest BCUT2D eigenvalue weighted by Gasteiger charge is 2.04. The van der Waals surface area contributed by atoms with Gasteiger partial charge in [0.2, 0.25) is 0 Å². The molecule has 100 valence electrons. The maximum atomic E-state index is 11.4. The monoisotopic (exact) mass is 270 g/mol. The molecule has 0 rings (SSSR count). The average Bonchev–Trinajstić information content (AvgIpc) is 2.29. The van der Waals surface area contributed by atoms with Crippen molar-refractivity contribution in [3.63, 3.8) is 0 Å². The molecule has 5 heteroatoms. The van der Waals surface area contributed by atoms with Gasteiger partial charge in [-0.05, 0) is 26.0 Å². The first kappa shape index (κ1) is 16.7. The summed E-state index contributed by atoms with van der Waals surface area (Å²) in [5.41, 5.74) is -0.150. The Morgan fingerprint density at radius 1 is 1.33 bits per heavy atom. The lowest BCUT2D eigenvalue weighted by atomic mass is 9.99. The number of ether oxygens (including phenoxy) is 2. The van der Waals surface area contributed by atoms with Gasteiger partial charge in [0.25, 0.3) is 0 Å². The van der Waals surface area contributed by atoms with Gasteiger partial charge in [0.1, 0.15) is 6.61 Å². The highest BCUT2D eigenvalue weighted by molar-refractivity contribution is 7.89.